The Hall–Kier alpha value is -1.74. The maximum atomic E-state index is 12.2. The minimum atomic E-state index is -0.458. The number of benzene rings is 1. The van der Waals surface area contributed by atoms with Crippen molar-refractivity contribution in [1.82, 2.24) is 9.59 Å². The van der Waals surface area contributed by atoms with E-state index in [9.17, 15) is 4.79 Å². The molecule has 0 unspecified atom stereocenters. The fourth-order valence-electron chi connectivity index (χ4n) is 1.37. The summed E-state index contributed by atoms with van der Waals surface area (Å²) < 4.78 is 3.65. The van der Waals surface area contributed by atoms with Crippen LogP contribution in [-0.4, -0.2) is 15.4 Å². The molecule has 0 radical (unpaired) electrons. The molecule has 4 nitrogen and oxygen atoms in total. The van der Waals surface area contributed by atoms with Crippen LogP contribution in [0.2, 0.25) is 10.0 Å². The van der Waals surface area contributed by atoms with Crippen LogP contribution in [-0.2, 0) is 0 Å². The number of ketones is 1. The van der Waals surface area contributed by atoms with E-state index in [-0.39, 0.29) is 11.1 Å². The van der Waals surface area contributed by atoms with Gasteiger partial charge in [0.2, 0.25) is 5.78 Å². The number of nitrogens with zero attached hydrogens (tertiary/aromatic N) is 3. The number of nitriles is 1. The molecule has 7 heteroatoms. The summed E-state index contributed by atoms with van der Waals surface area (Å²) in [7, 11) is 0. The van der Waals surface area contributed by atoms with Gasteiger partial charge in [-0.3, -0.25) is 4.79 Å². The first-order valence-corrected chi connectivity index (χ1v) is 6.59. The van der Waals surface area contributed by atoms with E-state index in [0.29, 0.717) is 15.7 Å². The largest absolute Gasteiger partial charge is 0.288 e. The lowest BCUT2D eigenvalue weighted by molar-refractivity contribution is 0.104. The molecule has 0 spiro atoms. The van der Waals surface area contributed by atoms with Crippen LogP contribution >= 0.6 is 34.7 Å². The highest BCUT2D eigenvalue weighted by Crippen LogP contribution is 2.21. The number of Topliss-reactive ketones (excluding diaryl/α,β-unsaturated/α-hetero) is 1. The van der Waals surface area contributed by atoms with Crippen molar-refractivity contribution in [2.24, 2.45) is 0 Å². The van der Waals surface area contributed by atoms with Crippen molar-refractivity contribution in [3.8, 4) is 6.07 Å². The monoisotopic (exact) mass is 309 g/mol. The van der Waals surface area contributed by atoms with E-state index in [2.05, 4.69) is 9.59 Å². The average Bonchev–Trinajstić information content (AvgIpc) is 2.86. The molecule has 2 aromatic rings. The molecule has 0 N–H and O–H groups in total. The van der Waals surface area contributed by atoms with Gasteiger partial charge in [-0.25, -0.2) is 0 Å². The van der Waals surface area contributed by atoms with Crippen LogP contribution in [0.3, 0.4) is 0 Å². The summed E-state index contributed by atoms with van der Waals surface area (Å²) in [6.07, 6.45) is 1.38. The van der Waals surface area contributed by atoms with Crippen LogP contribution in [0.5, 0.6) is 0 Å². The van der Waals surface area contributed by atoms with Crippen LogP contribution in [0.1, 0.15) is 16.1 Å². The smallest absolute Gasteiger partial charge is 0.203 e. The third kappa shape index (κ3) is 3.38. The number of hydrogen-bond acceptors (Lipinski definition) is 5. The molecule has 1 aromatic carbocycles. The maximum Gasteiger partial charge on any atom is 0.203 e. The molecular weight excluding hydrogens is 305 g/mol. The van der Waals surface area contributed by atoms with Gasteiger partial charge < -0.3 is 0 Å². The zero-order valence-corrected chi connectivity index (χ0v) is 11.6. The fourth-order valence-corrected chi connectivity index (χ4v) is 2.31. The number of allylic oxidation sites excluding steroid dienone is 1. The van der Waals surface area contributed by atoms with E-state index in [1.807, 2.05) is 6.07 Å². The summed E-state index contributed by atoms with van der Waals surface area (Å²) in [5, 5.41) is 15.1. The Morgan fingerprint density at radius 1 is 1.32 bits per heavy atom. The van der Waals surface area contributed by atoms with Gasteiger partial charge in [-0.15, -0.1) is 5.10 Å². The summed E-state index contributed by atoms with van der Waals surface area (Å²) >= 11 is 12.8. The third-order valence-corrected chi connectivity index (χ3v) is 3.12. The lowest BCUT2D eigenvalue weighted by Gasteiger charge is -2.01. The standard InChI is InChI=1S/C12H5Cl2N3OS/c13-9-1-7(2-10(14)4-9)12(18)8(5-15)3-11-6-19-17-16-11/h1-4,6H/b8-3+. The Kier molecular flexibility index (Phi) is 4.27. The second-order valence-electron chi connectivity index (χ2n) is 3.49. The summed E-state index contributed by atoms with van der Waals surface area (Å²) in [6.45, 7) is 0. The predicted molar refractivity (Wildman–Crippen MR) is 74.3 cm³/mol. The molecule has 94 valence electrons. The molecule has 1 heterocycles. The van der Waals surface area contributed by atoms with Gasteiger partial charge in [0, 0.05) is 21.0 Å². The summed E-state index contributed by atoms with van der Waals surface area (Å²) in [6, 6.07) is 6.27. The number of rotatable bonds is 3. The Morgan fingerprint density at radius 3 is 2.53 bits per heavy atom. The topological polar surface area (TPSA) is 66.6 Å². The summed E-state index contributed by atoms with van der Waals surface area (Å²) in [5.41, 5.74) is 0.669. The van der Waals surface area contributed by atoms with Gasteiger partial charge >= 0.3 is 0 Å². The average molecular weight is 310 g/mol. The molecule has 2 rings (SSSR count). The highest BCUT2D eigenvalue weighted by atomic mass is 35.5. The molecule has 0 saturated carbocycles. The van der Waals surface area contributed by atoms with Gasteiger partial charge in [0.1, 0.15) is 11.6 Å². The zero-order valence-electron chi connectivity index (χ0n) is 9.30. The Balaban J connectivity index is 2.39. The van der Waals surface area contributed by atoms with Crippen LogP contribution in [0.4, 0.5) is 0 Å². The molecule has 0 bridgehead atoms. The SMILES string of the molecule is N#C/C(=C\c1csnn1)C(=O)c1cc(Cl)cc(Cl)c1. The van der Waals surface area contributed by atoms with Gasteiger partial charge in [0.05, 0.1) is 5.69 Å². The lowest BCUT2D eigenvalue weighted by Crippen LogP contribution is -2.02. The van der Waals surface area contributed by atoms with E-state index in [1.165, 1.54) is 24.3 Å². The van der Waals surface area contributed by atoms with E-state index in [1.54, 1.807) is 5.38 Å². The van der Waals surface area contributed by atoms with Crippen LogP contribution < -0.4 is 0 Å². The van der Waals surface area contributed by atoms with Crippen molar-refractivity contribution >= 4 is 46.6 Å². The molecule has 0 aliphatic rings. The quantitative estimate of drug-likeness (QED) is 0.493. The van der Waals surface area contributed by atoms with Gasteiger partial charge in [-0.1, -0.05) is 27.7 Å². The number of aromatic nitrogens is 2. The van der Waals surface area contributed by atoms with E-state index >= 15 is 0 Å². The lowest BCUT2D eigenvalue weighted by atomic mass is 10.0. The molecule has 0 aliphatic carbocycles. The predicted octanol–water partition coefficient (Wildman–Crippen LogP) is 3.63. The highest BCUT2D eigenvalue weighted by molar-refractivity contribution is 7.03. The molecule has 0 amide bonds. The Bertz CT molecular complexity index is 669. The van der Waals surface area contributed by atoms with Crippen molar-refractivity contribution in [2.45, 2.75) is 0 Å². The second-order valence-corrected chi connectivity index (χ2v) is 4.97. The second kappa shape index (κ2) is 5.93. The first kappa shape index (κ1) is 13.7. The number of carbonyl (C=O) groups excluding carboxylic acids is 1. The molecule has 0 aliphatic heterocycles. The molecule has 0 fully saturated rings. The number of hydrogen-bond donors (Lipinski definition) is 0. The Morgan fingerprint density at radius 2 is 2.00 bits per heavy atom. The molecular formula is C12H5Cl2N3OS. The third-order valence-electron chi connectivity index (χ3n) is 2.16. The maximum absolute atomic E-state index is 12.2. The van der Waals surface area contributed by atoms with Crippen molar-refractivity contribution in [1.29, 1.82) is 5.26 Å². The van der Waals surface area contributed by atoms with E-state index < -0.39 is 5.78 Å². The highest BCUT2D eigenvalue weighted by Gasteiger charge is 2.14. The zero-order chi connectivity index (χ0) is 13.8. The van der Waals surface area contributed by atoms with Gasteiger partial charge in [-0.2, -0.15) is 5.26 Å². The van der Waals surface area contributed by atoms with Crippen LogP contribution in [0.25, 0.3) is 6.08 Å². The van der Waals surface area contributed by atoms with Crippen LogP contribution in [0.15, 0.2) is 29.2 Å². The van der Waals surface area contributed by atoms with Crippen molar-refractivity contribution in [3.05, 3.63) is 50.5 Å². The van der Waals surface area contributed by atoms with Crippen LogP contribution in [0, 0.1) is 11.3 Å². The van der Waals surface area contributed by atoms with E-state index in [4.69, 9.17) is 28.5 Å². The van der Waals surface area contributed by atoms with E-state index in [0.717, 1.165) is 11.5 Å². The fraction of sp³-hybridized carbons (Fsp3) is 0. The van der Waals surface area contributed by atoms with Crippen molar-refractivity contribution in [3.63, 3.8) is 0 Å². The first-order valence-electron chi connectivity index (χ1n) is 5.00. The minimum Gasteiger partial charge on any atom is -0.288 e. The Labute approximate surface area is 123 Å². The van der Waals surface area contributed by atoms with Crippen molar-refractivity contribution in [2.75, 3.05) is 0 Å². The summed E-state index contributed by atoms with van der Waals surface area (Å²) in [5.74, 6) is -0.458. The first-order chi connectivity index (χ1) is 9.10. The van der Waals surface area contributed by atoms with Crippen molar-refractivity contribution < 1.29 is 4.79 Å². The molecule has 19 heavy (non-hydrogen) atoms. The van der Waals surface area contributed by atoms with Gasteiger partial charge in [0.25, 0.3) is 0 Å². The molecule has 0 saturated heterocycles. The number of halogens is 2. The molecule has 1 aromatic heterocycles. The molecule has 0 atom stereocenters. The van der Waals surface area contributed by atoms with Gasteiger partial charge in [-0.05, 0) is 35.8 Å². The number of carbonyl (C=O) groups is 1. The minimum absolute atomic E-state index is 0.0500. The summed E-state index contributed by atoms with van der Waals surface area (Å²) in [4.78, 5) is 12.2. The normalized spacial score (nSPS) is 11.1. The van der Waals surface area contributed by atoms with Gasteiger partial charge in [0.15, 0.2) is 0 Å².